The molecule has 1 unspecified atom stereocenters. The molecule has 0 saturated carbocycles. The summed E-state index contributed by atoms with van der Waals surface area (Å²) in [5.41, 5.74) is -0.596. The number of carboxylic acid groups (broad SMARTS) is 1. The van der Waals surface area contributed by atoms with E-state index in [0.29, 0.717) is 12.0 Å². The molecule has 1 atom stereocenters. The fourth-order valence-electron chi connectivity index (χ4n) is 1.69. The lowest BCUT2D eigenvalue weighted by Crippen LogP contribution is -2.28. The van der Waals surface area contributed by atoms with E-state index in [9.17, 15) is 14.3 Å². The number of aliphatic hydroxyl groups is 1. The van der Waals surface area contributed by atoms with E-state index in [4.69, 9.17) is 9.84 Å². The Morgan fingerprint density at radius 3 is 2.67 bits per heavy atom. The number of hydrogen-bond donors (Lipinski definition) is 2. The lowest BCUT2D eigenvalue weighted by atomic mass is 9.93. The van der Waals surface area contributed by atoms with Crippen LogP contribution in [0.5, 0.6) is 5.75 Å². The second kappa shape index (κ2) is 5.82. The first-order valence-corrected chi connectivity index (χ1v) is 5.60. The summed E-state index contributed by atoms with van der Waals surface area (Å²) >= 11 is 0. The van der Waals surface area contributed by atoms with Gasteiger partial charge in [0.15, 0.2) is 11.6 Å². The van der Waals surface area contributed by atoms with Crippen molar-refractivity contribution in [3.05, 3.63) is 29.6 Å². The Labute approximate surface area is 105 Å². The van der Waals surface area contributed by atoms with Crippen molar-refractivity contribution in [2.45, 2.75) is 31.8 Å². The molecule has 0 amide bonds. The van der Waals surface area contributed by atoms with E-state index in [1.165, 1.54) is 26.2 Å². The minimum atomic E-state index is -1.29. The molecule has 0 spiro atoms. The molecule has 0 saturated heterocycles. The summed E-state index contributed by atoms with van der Waals surface area (Å²) in [5.74, 6) is -1.36. The topological polar surface area (TPSA) is 66.8 Å². The fraction of sp³-hybridized carbons (Fsp3) is 0.462. The maximum absolute atomic E-state index is 13.4. The number of halogens is 1. The molecule has 4 nitrogen and oxygen atoms in total. The molecule has 5 heteroatoms. The first kappa shape index (κ1) is 14.4. The number of aliphatic carboxylic acids is 1. The molecular weight excluding hydrogens is 239 g/mol. The maximum Gasteiger partial charge on any atom is 0.306 e. The number of methoxy groups -OCH3 is 1. The molecule has 0 radical (unpaired) electrons. The molecule has 0 aliphatic rings. The average Bonchev–Trinajstić information content (AvgIpc) is 2.25. The van der Waals surface area contributed by atoms with Gasteiger partial charge in [-0.15, -0.1) is 0 Å². The zero-order valence-corrected chi connectivity index (χ0v) is 10.4. The first-order chi connectivity index (χ1) is 8.34. The smallest absolute Gasteiger partial charge is 0.306 e. The van der Waals surface area contributed by atoms with Crippen LogP contribution in [0.2, 0.25) is 0 Å². The molecule has 0 aliphatic carbocycles. The minimum absolute atomic E-state index is 0.163. The van der Waals surface area contributed by atoms with Crippen molar-refractivity contribution >= 4 is 5.97 Å². The van der Waals surface area contributed by atoms with Gasteiger partial charge < -0.3 is 14.9 Å². The van der Waals surface area contributed by atoms with Crippen LogP contribution in [0.25, 0.3) is 0 Å². The van der Waals surface area contributed by atoms with Gasteiger partial charge in [0.2, 0.25) is 0 Å². The number of carbonyl (C=O) groups is 1. The van der Waals surface area contributed by atoms with Gasteiger partial charge in [-0.1, -0.05) is 6.07 Å². The summed E-state index contributed by atoms with van der Waals surface area (Å²) in [4.78, 5) is 10.5. The van der Waals surface area contributed by atoms with Crippen LogP contribution in [-0.4, -0.2) is 28.9 Å². The average molecular weight is 256 g/mol. The van der Waals surface area contributed by atoms with Gasteiger partial charge in [0, 0.05) is 0 Å². The largest absolute Gasteiger partial charge is 0.494 e. The SMILES string of the molecule is COc1ccc(CCC(C)(O)CC(=O)O)cc1F. The molecule has 2 N–H and O–H groups in total. The summed E-state index contributed by atoms with van der Waals surface area (Å²) in [6.07, 6.45) is 0.331. The van der Waals surface area contributed by atoms with E-state index in [0.717, 1.165) is 0 Å². The van der Waals surface area contributed by atoms with Gasteiger partial charge >= 0.3 is 5.97 Å². The number of carboxylic acids is 1. The van der Waals surface area contributed by atoms with Crippen LogP contribution < -0.4 is 4.74 Å². The molecule has 1 rings (SSSR count). The molecular formula is C13H17FO4. The molecule has 18 heavy (non-hydrogen) atoms. The third-order valence-corrected chi connectivity index (χ3v) is 2.70. The van der Waals surface area contributed by atoms with Crippen molar-refractivity contribution in [1.29, 1.82) is 0 Å². The molecule has 0 aliphatic heterocycles. The van der Waals surface area contributed by atoms with Crippen molar-refractivity contribution in [1.82, 2.24) is 0 Å². The predicted octanol–water partition coefficient (Wildman–Crippen LogP) is 1.99. The molecule has 0 bridgehead atoms. The second-order valence-electron chi connectivity index (χ2n) is 4.54. The van der Waals surface area contributed by atoms with Crippen LogP contribution in [0.15, 0.2) is 18.2 Å². The van der Waals surface area contributed by atoms with Gasteiger partial charge in [0.25, 0.3) is 0 Å². The van der Waals surface area contributed by atoms with Crippen LogP contribution in [0, 0.1) is 5.82 Å². The Morgan fingerprint density at radius 1 is 1.50 bits per heavy atom. The van der Waals surface area contributed by atoms with E-state index in [1.54, 1.807) is 6.07 Å². The van der Waals surface area contributed by atoms with Crippen LogP contribution in [0.1, 0.15) is 25.3 Å². The highest BCUT2D eigenvalue weighted by Crippen LogP contribution is 2.22. The van der Waals surface area contributed by atoms with Crippen molar-refractivity contribution in [2.24, 2.45) is 0 Å². The fourth-order valence-corrected chi connectivity index (χ4v) is 1.69. The highest BCUT2D eigenvalue weighted by molar-refractivity contribution is 5.68. The predicted molar refractivity (Wildman–Crippen MR) is 64.1 cm³/mol. The maximum atomic E-state index is 13.4. The monoisotopic (exact) mass is 256 g/mol. The normalized spacial score (nSPS) is 14.0. The van der Waals surface area contributed by atoms with E-state index in [1.807, 2.05) is 0 Å². The molecule has 0 fully saturated rings. The highest BCUT2D eigenvalue weighted by Gasteiger charge is 2.23. The summed E-state index contributed by atoms with van der Waals surface area (Å²) in [5, 5.41) is 18.4. The van der Waals surface area contributed by atoms with Crippen LogP contribution >= 0.6 is 0 Å². The molecule has 100 valence electrons. The Morgan fingerprint density at radius 2 is 2.17 bits per heavy atom. The Hall–Kier alpha value is -1.62. The molecule has 0 heterocycles. The standard InChI is InChI=1S/C13H17FO4/c1-13(17,8-12(15)16)6-5-9-3-4-11(18-2)10(14)7-9/h3-4,7,17H,5-6,8H2,1-2H3,(H,15,16). The lowest BCUT2D eigenvalue weighted by Gasteiger charge is -2.20. The van der Waals surface area contributed by atoms with Gasteiger partial charge in [-0.05, 0) is 37.5 Å². The van der Waals surface area contributed by atoms with Crippen LogP contribution in [0.3, 0.4) is 0 Å². The zero-order chi connectivity index (χ0) is 13.8. The van der Waals surface area contributed by atoms with Gasteiger partial charge in [-0.25, -0.2) is 4.39 Å². The number of ether oxygens (including phenoxy) is 1. The van der Waals surface area contributed by atoms with E-state index < -0.39 is 17.4 Å². The van der Waals surface area contributed by atoms with Crippen LogP contribution in [-0.2, 0) is 11.2 Å². The quantitative estimate of drug-likeness (QED) is 0.816. The van der Waals surface area contributed by atoms with E-state index in [2.05, 4.69) is 0 Å². The number of rotatable bonds is 6. The minimum Gasteiger partial charge on any atom is -0.494 e. The third-order valence-electron chi connectivity index (χ3n) is 2.70. The lowest BCUT2D eigenvalue weighted by molar-refractivity contribution is -0.142. The second-order valence-corrected chi connectivity index (χ2v) is 4.54. The zero-order valence-electron chi connectivity index (χ0n) is 10.4. The molecule has 1 aromatic rings. The summed E-state index contributed by atoms with van der Waals surface area (Å²) in [6, 6.07) is 4.53. The van der Waals surface area contributed by atoms with Gasteiger partial charge in [-0.3, -0.25) is 4.79 Å². The summed E-state index contributed by atoms with van der Waals surface area (Å²) in [6.45, 7) is 1.46. The van der Waals surface area contributed by atoms with E-state index >= 15 is 0 Å². The first-order valence-electron chi connectivity index (χ1n) is 5.60. The Balaban J connectivity index is 2.63. The van der Waals surface area contributed by atoms with Crippen molar-refractivity contribution in [3.8, 4) is 5.75 Å². The summed E-state index contributed by atoms with van der Waals surface area (Å²) < 4.78 is 18.2. The number of aryl methyl sites for hydroxylation is 1. The van der Waals surface area contributed by atoms with Gasteiger partial charge in [0.05, 0.1) is 19.1 Å². The van der Waals surface area contributed by atoms with Gasteiger partial charge in [0.1, 0.15) is 0 Å². The summed E-state index contributed by atoms with van der Waals surface area (Å²) in [7, 11) is 1.38. The van der Waals surface area contributed by atoms with E-state index in [-0.39, 0.29) is 18.6 Å². The third kappa shape index (κ3) is 4.33. The molecule has 0 aromatic heterocycles. The Kier molecular flexibility index (Phi) is 4.67. The number of hydrogen-bond acceptors (Lipinski definition) is 3. The highest BCUT2D eigenvalue weighted by atomic mass is 19.1. The van der Waals surface area contributed by atoms with Crippen molar-refractivity contribution < 1.29 is 24.1 Å². The number of benzene rings is 1. The molecule has 1 aromatic carbocycles. The van der Waals surface area contributed by atoms with Crippen LogP contribution in [0.4, 0.5) is 4.39 Å². The van der Waals surface area contributed by atoms with Crippen molar-refractivity contribution in [2.75, 3.05) is 7.11 Å². The van der Waals surface area contributed by atoms with Crippen molar-refractivity contribution in [3.63, 3.8) is 0 Å². The Bertz CT molecular complexity index is 429. The van der Waals surface area contributed by atoms with Gasteiger partial charge in [-0.2, -0.15) is 0 Å².